The molecular weight excluding hydrogens is 383 g/mol. The Bertz CT molecular complexity index is 883. The predicted octanol–water partition coefficient (Wildman–Crippen LogP) is 2.74. The Morgan fingerprint density at radius 3 is 2.29 bits per heavy atom. The summed E-state index contributed by atoms with van der Waals surface area (Å²) >= 11 is 0. The third-order valence-corrected chi connectivity index (χ3v) is 5.41. The molecular formula is C20H25FN2O4S. The van der Waals surface area contributed by atoms with E-state index in [9.17, 15) is 17.6 Å². The number of ether oxygens (including phenoxy) is 1. The van der Waals surface area contributed by atoms with Crippen molar-refractivity contribution >= 4 is 21.6 Å². The van der Waals surface area contributed by atoms with E-state index >= 15 is 0 Å². The van der Waals surface area contributed by atoms with Crippen molar-refractivity contribution in [3.05, 3.63) is 59.9 Å². The minimum Gasteiger partial charge on any atom is -0.492 e. The summed E-state index contributed by atoms with van der Waals surface area (Å²) < 4.78 is 44.0. The Kier molecular flexibility index (Phi) is 7.39. The first-order valence-electron chi connectivity index (χ1n) is 8.96. The van der Waals surface area contributed by atoms with Crippen molar-refractivity contribution in [3.8, 4) is 5.75 Å². The van der Waals surface area contributed by atoms with Gasteiger partial charge in [0.1, 0.15) is 24.2 Å². The van der Waals surface area contributed by atoms with Gasteiger partial charge in [0.05, 0.1) is 18.5 Å². The van der Waals surface area contributed by atoms with Crippen LogP contribution in [0.5, 0.6) is 5.75 Å². The average Bonchev–Trinajstić information content (AvgIpc) is 2.66. The number of hydrogen-bond donors (Lipinski definition) is 1. The molecule has 0 spiro atoms. The molecule has 152 valence electrons. The molecule has 0 aliphatic heterocycles. The monoisotopic (exact) mass is 408 g/mol. The number of sulfonamides is 1. The molecule has 0 aliphatic carbocycles. The molecule has 2 rings (SSSR count). The van der Waals surface area contributed by atoms with E-state index in [4.69, 9.17) is 4.74 Å². The second-order valence-corrected chi connectivity index (χ2v) is 8.21. The van der Waals surface area contributed by atoms with E-state index in [1.165, 1.54) is 24.6 Å². The molecule has 0 heterocycles. The Hall–Kier alpha value is -2.61. The van der Waals surface area contributed by atoms with Crippen molar-refractivity contribution < 1.29 is 22.3 Å². The highest BCUT2D eigenvalue weighted by atomic mass is 32.2. The number of rotatable bonds is 9. The van der Waals surface area contributed by atoms with Gasteiger partial charge in [0.25, 0.3) is 0 Å². The zero-order chi connectivity index (χ0) is 20.7. The molecule has 2 aromatic carbocycles. The van der Waals surface area contributed by atoms with Crippen LogP contribution in [0.4, 0.5) is 10.1 Å². The van der Waals surface area contributed by atoms with Crippen molar-refractivity contribution in [1.82, 2.24) is 5.32 Å². The summed E-state index contributed by atoms with van der Waals surface area (Å²) in [4.78, 5) is 12.4. The first-order chi connectivity index (χ1) is 13.2. The number of hydrogen-bond acceptors (Lipinski definition) is 4. The number of carbonyl (C=O) groups excluding carboxylic acids is 1. The predicted molar refractivity (Wildman–Crippen MR) is 108 cm³/mol. The molecule has 0 saturated carbocycles. The fourth-order valence-electron chi connectivity index (χ4n) is 2.71. The molecule has 2 aromatic rings. The fourth-order valence-corrected chi connectivity index (χ4v) is 3.88. The Labute approximate surface area is 165 Å². The third-order valence-electron chi connectivity index (χ3n) is 4.17. The van der Waals surface area contributed by atoms with Gasteiger partial charge in [-0.2, -0.15) is 0 Å². The quantitative estimate of drug-likeness (QED) is 0.648. The van der Waals surface area contributed by atoms with E-state index in [0.717, 1.165) is 29.1 Å². The molecule has 1 amide bonds. The van der Waals surface area contributed by atoms with Crippen LogP contribution < -0.4 is 14.4 Å². The van der Waals surface area contributed by atoms with Gasteiger partial charge in [0.15, 0.2) is 0 Å². The molecule has 0 saturated heterocycles. The fraction of sp³-hybridized carbons (Fsp3) is 0.350. The number of amides is 1. The van der Waals surface area contributed by atoms with Crippen LogP contribution in [0.15, 0.2) is 48.5 Å². The smallest absolute Gasteiger partial charge is 0.243 e. The maximum absolute atomic E-state index is 13.1. The summed E-state index contributed by atoms with van der Waals surface area (Å²) in [6.07, 6.45) is 1.95. The molecule has 1 unspecified atom stereocenters. The zero-order valence-corrected chi connectivity index (χ0v) is 17.0. The average molecular weight is 408 g/mol. The van der Waals surface area contributed by atoms with Crippen LogP contribution in [0.3, 0.4) is 0 Å². The topological polar surface area (TPSA) is 75.7 Å². The van der Waals surface area contributed by atoms with Crippen LogP contribution in [0.2, 0.25) is 0 Å². The van der Waals surface area contributed by atoms with E-state index in [0.29, 0.717) is 5.75 Å². The van der Waals surface area contributed by atoms with Crippen LogP contribution in [0.1, 0.15) is 19.4 Å². The van der Waals surface area contributed by atoms with Gasteiger partial charge in [-0.3, -0.25) is 9.10 Å². The van der Waals surface area contributed by atoms with Crippen LogP contribution >= 0.6 is 0 Å². The molecule has 1 atom stereocenters. The number of benzene rings is 2. The third kappa shape index (κ3) is 5.95. The molecule has 0 radical (unpaired) electrons. The second-order valence-electron chi connectivity index (χ2n) is 6.35. The molecule has 0 fully saturated rings. The van der Waals surface area contributed by atoms with Gasteiger partial charge in [0.2, 0.25) is 15.9 Å². The number of anilines is 1. The maximum Gasteiger partial charge on any atom is 0.243 e. The van der Waals surface area contributed by atoms with Gasteiger partial charge in [-0.25, -0.2) is 12.8 Å². The molecule has 6 nitrogen and oxygen atoms in total. The van der Waals surface area contributed by atoms with E-state index in [1.807, 2.05) is 24.3 Å². The Morgan fingerprint density at radius 1 is 1.14 bits per heavy atom. The maximum atomic E-state index is 13.1. The van der Waals surface area contributed by atoms with Crippen molar-refractivity contribution in [2.45, 2.75) is 26.3 Å². The van der Waals surface area contributed by atoms with Crippen molar-refractivity contribution in [2.24, 2.45) is 0 Å². The number of nitrogens with one attached hydrogen (secondary N) is 1. The van der Waals surface area contributed by atoms with Crippen LogP contribution in [-0.4, -0.2) is 39.8 Å². The van der Waals surface area contributed by atoms with Gasteiger partial charge in [0, 0.05) is 0 Å². The standard InChI is InChI=1S/C20H25FN2O4S/c1-4-16-5-11-19(12-6-16)27-14-13-22-20(24)15(2)23(28(3,25)26)18-9-7-17(21)8-10-18/h5-12,15H,4,13-14H2,1-3H3,(H,22,24). The molecule has 28 heavy (non-hydrogen) atoms. The SMILES string of the molecule is CCc1ccc(OCCNC(=O)C(C)N(c2ccc(F)cc2)S(C)(=O)=O)cc1. The summed E-state index contributed by atoms with van der Waals surface area (Å²) in [6, 6.07) is 11.6. The Balaban J connectivity index is 1.94. The van der Waals surface area contributed by atoms with Crippen molar-refractivity contribution in [1.29, 1.82) is 0 Å². The minimum absolute atomic E-state index is 0.221. The number of nitrogens with zero attached hydrogens (tertiary/aromatic N) is 1. The molecule has 0 aliphatic rings. The summed E-state index contributed by atoms with van der Waals surface area (Å²) in [5, 5.41) is 2.66. The first kappa shape index (κ1) is 21.7. The summed E-state index contributed by atoms with van der Waals surface area (Å²) in [5.41, 5.74) is 1.43. The number of halogens is 1. The molecule has 1 N–H and O–H groups in total. The lowest BCUT2D eigenvalue weighted by Crippen LogP contribution is -2.48. The summed E-state index contributed by atoms with van der Waals surface area (Å²) in [6.45, 7) is 4.02. The van der Waals surface area contributed by atoms with E-state index in [-0.39, 0.29) is 18.8 Å². The molecule has 8 heteroatoms. The van der Waals surface area contributed by atoms with Gasteiger partial charge >= 0.3 is 0 Å². The normalized spacial score (nSPS) is 12.3. The first-order valence-corrected chi connectivity index (χ1v) is 10.8. The van der Waals surface area contributed by atoms with Gasteiger partial charge in [-0.05, 0) is 55.3 Å². The van der Waals surface area contributed by atoms with Crippen LogP contribution in [0.25, 0.3) is 0 Å². The Morgan fingerprint density at radius 2 is 1.75 bits per heavy atom. The highest BCUT2D eigenvalue weighted by Crippen LogP contribution is 2.21. The minimum atomic E-state index is -3.74. The number of aryl methyl sites for hydroxylation is 1. The zero-order valence-electron chi connectivity index (χ0n) is 16.2. The number of carbonyl (C=O) groups is 1. The molecule has 0 aromatic heterocycles. The largest absolute Gasteiger partial charge is 0.492 e. The second kappa shape index (κ2) is 9.54. The van der Waals surface area contributed by atoms with Gasteiger partial charge < -0.3 is 10.1 Å². The van der Waals surface area contributed by atoms with E-state index in [2.05, 4.69) is 12.2 Å². The van der Waals surface area contributed by atoms with Gasteiger partial charge in [-0.15, -0.1) is 0 Å². The lowest BCUT2D eigenvalue weighted by molar-refractivity contribution is -0.121. The highest BCUT2D eigenvalue weighted by molar-refractivity contribution is 7.92. The molecule has 0 bridgehead atoms. The highest BCUT2D eigenvalue weighted by Gasteiger charge is 2.28. The summed E-state index contributed by atoms with van der Waals surface area (Å²) in [7, 11) is -3.74. The van der Waals surface area contributed by atoms with E-state index < -0.39 is 27.8 Å². The van der Waals surface area contributed by atoms with Crippen molar-refractivity contribution in [2.75, 3.05) is 23.7 Å². The van der Waals surface area contributed by atoms with E-state index in [1.54, 1.807) is 0 Å². The lowest BCUT2D eigenvalue weighted by Gasteiger charge is -2.28. The van der Waals surface area contributed by atoms with Crippen LogP contribution in [0, 0.1) is 5.82 Å². The van der Waals surface area contributed by atoms with Crippen LogP contribution in [-0.2, 0) is 21.2 Å². The van der Waals surface area contributed by atoms with Gasteiger partial charge in [-0.1, -0.05) is 19.1 Å². The van der Waals surface area contributed by atoms with Crippen molar-refractivity contribution in [3.63, 3.8) is 0 Å². The lowest BCUT2D eigenvalue weighted by atomic mass is 10.2. The summed E-state index contributed by atoms with van der Waals surface area (Å²) in [5.74, 6) is -0.262.